The molecular weight excluding hydrogens is 248 g/mol. The molecule has 1 aromatic rings. The van der Waals surface area contributed by atoms with Gasteiger partial charge >= 0.3 is 0 Å². The molecule has 0 saturated carbocycles. The standard InChI is InChI=1S/C17H26N2O/c1-3-5-16(15-8-6-14(4-2)7-9-15)17(20)19-12-10-18-11-13-19/h6-9,16,18H,3-5,10-13H2,1-2H3. The quantitative estimate of drug-likeness (QED) is 0.895. The lowest BCUT2D eigenvalue weighted by Crippen LogP contribution is -2.48. The molecule has 0 bridgehead atoms. The molecule has 3 nitrogen and oxygen atoms in total. The summed E-state index contributed by atoms with van der Waals surface area (Å²) in [5, 5.41) is 3.30. The average Bonchev–Trinajstić information content (AvgIpc) is 2.53. The number of nitrogens with zero attached hydrogens (tertiary/aromatic N) is 1. The van der Waals surface area contributed by atoms with Crippen LogP contribution in [-0.2, 0) is 11.2 Å². The third kappa shape index (κ3) is 3.60. The summed E-state index contributed by atoms with van der Waals surface area (Å²) >= 11 is 0. The average molecular weight is 274 g/mol. The third-order valence-corrected chi connectivity index (χ3v) is 4.09. The highest BCUT2D eigenvalue weighted by atomic mass is 16.2. The highest BCUT2D eigenvalue weighted by molar-refractivity contribution is 5.83. The first kappa shape index (κ1) is 15.0. The second kappa shape index (κ2) is 7.44. The summed E-state index contributed by atoms with van der Waals surface area (Å²) in [5.74, 6) is 0.335. The van der Waals surface area contributed by atoms with Crippen LogP contribution in [0.1, 0.15) is 43.7 Å². The van der Waals surface area contributed by atoms with E-state index in [2.05, 4.69) is 43.4 Å². The normalized spacial score (nSPS) is 17.0. The lowest BCUT2D eigenvalue weighted by Gasteiger charge is -2.31. The zero-order valence-corrected chi connectivity index (χ0v) is 12.7. The smallest absolute Gasteiger partial charge is 0.230 e. The second-order valence-corrected chi connectivity index (χ2v) is 5.51. The van der Waals surface area contributed by atoms with Gasteiger partial charge in [-0.05, 0) is 24.0 Å². The van der Waals surface area contributed by atoms with Crippen LogP contribution in [0.2, 0.25) is 0 Å². The maximum atomic E-state index is 12.7. The fourth-order valence-corrected chi connectivity index (χ4v) is 2.81. The van der Waals surface area contributed by atoms with Gasteiger partial charge in [0.05, 0.1) is 5.92 Å². The summed E-state index contributed by atoms with van der Waals surface area (Å²) in [6, 6.07) is 8.59. The second-order valence-electron chi connectivity index (χ2n) is 5.51. The Morgan fingerprint density at radius 3 is 2.40 bits per heavy atom. The van der Waals surface area contributed by atoms with Crippen molar-refractivity contribution in [2.75, 3.05) is 26.2 Å². The number of aryl methyl sites for hydroxylation is 1. The molecule has 0 aliphatic carbocycles. The van der Waals surface area contributed by atoms with Gasteiger partial charge in [0.15, 0.2) is 0 Å². The Morgan fingerprint density at radius 1 is 1.20 bits per heavy atom. The largest absolute Gasteiger partial charge is 0.340 e. The van der Waals surface area contributed by atoms with Crippen LogP contribution >= 0.6 is 0 Å². The molecule has 0 radical (unpaired) electrons. The third-order valence-electron chi connectivity index (χ3n) is 4.09. The van der Waals surface area contributed by atoms with Crippen molar-refractivity contribution in [1.29, 1.82) is 0 Å². The van der Waals surface area contributed by atoms with Crippen LogP contribution in [0.15, 0.2) is 24.3 Å². The van der Waals surface area contributed by atoms with Crippen molar-refractivity contribution in [3.05, 3.63) is 35.4 Å². The van der Waals surface area contributed by atoms with Crippen molar-refractivity contribution in [1.82, 2.24) is 10.2 Å². The molecule has 1 aliphatic rings. The van der Waals surface area contributed by atoms with E-state index in [-0.39, 0.29) is 5.92 Å². The summed E-state index contributed by atoms with van der Waals surface area (Å²) < 4.78 is 0. The van der Waals surface area contributed by atoms with Crippen molar-refractivity contribution < 1.29 is 4.79 Å². The van der Waals surface area contributed by atoms with Crippen molar-refractivity contribution in [2.24, 2.45) is 0 Å². The maximum absolute atomic E-state index is 12.7. The molecule has 1 heterocycles. The number of hydrogen-bond acceptors (Lipinski definition) is 2. The molecule has 1 amide bonds. The number of hydrogen-bond donors (Lipinski definition) is 1. The highest BCUT2D eigenvalue weighted by Gasteiger charge is 2.25. The first-order valence-corrected chi connectivity index (χ1v) is 7.84. The fourth-order valence-electron chi connectivity index (χ4n) is 2.81. The molecule has 20 heavy (non-hydrogen) atoms. The van der Waals surface area contributed by atoms with Gasteiger partial charge in [0, 0.05) is 26.2 Å². The Balaban J connectivity index is 2.13. The van der Waals surface area contributed by atoms with E-state index in [0.29, 0.717) is 5.91 Å². The van der Waals surface area contributed by atoms with E-state index < -0.39 is 0 Å². The Kier molecular flexibility index (Phi) is 5.60. The summed E-state index contributed by atoms with van der Waals surface area (Å²) in [7, 11) is 0. The van der Waals surface area contributed by atoms with Crippen LogP contribution in [-0.4, -0.2) is 37.0 Å². The number of carbonyl (C=O) groups excluding carboxylic acids is 1. The van der Waals surface area contributed by atoms with Crippen LogP contribution in [0.5, 0.6) is 0 Å². The lowest BCUT2D eigenvalue weighted by molar-refractivity contribution is -0.133. The van der Waals surface area contributed by atoms with Crippen molar-refractivity contribution in [2.45, 2.75) is 39.0 Å². The summed E-state index contributed by atoms with van der Waals surface area (Å²) in [6.45, 7) is 7.82. The van der Waals surface area contributed by atoms with Gasteiger partial charge in [-0.15, -0.1) is 0 Å². The van der Waals surface area contributed by atoms with E-state index in [1.807, 2.05) is 4.90 Å². The monoisotopic (exact) mass is 274 g/mol. The van der Waals surface area contributed by atoms with Gasteiger partial charge in [-0.2, -0.15) is 0 Å². The fraction of sp³-hybridized carbons (Fsp3) is 0.588. The molecule has 110 valence electrons. The molecular formula is C17H26N2O. The van der Waals surface area contributed by atoms with Crippen LogP contribution in [0.4, 0.5) is 0 Å². The molecule has 1 saturated heterocycles. The van der Waals surface area contributed by atoms with Crippen molar-refractivity contribution in [3.8, 4) is 0 Å². The van der Waals surface area contributed by atoms with Gasteiger partial charge in [-0.1, -0.05) is 44.5 Å². The van der Waals surface area contributed by atoms with E-state index in [9.17, 15) is 4.79 Å². The molecule has 1 atom stereocenters. The van der Waals surface area contributed by atoms with Crippen molar-refractivity contribution >= 4 is 5.91 Å². The molecule has 1 aliphatic heterocycles. The Labute approximate surface area is 122 Å². The zero-order valence-electron chi connectivity index (χ0n) is 12.7. The van der Waals surface area contributed by atoms with Gasteiger partial charge in [0.25, 0.3) is 0 Å². The molecule has 0 spiro atoms. The molecule has 1 N–H and O–H groups in total. The highest BCUT2D eigenvalue weighted by Crippen LogP contribution is 2.24. The van der Waals surface area contributed by atoms with Gasteiger partial charge in [-0.3, -0.25) is 4.79 Å². The minimum atomic E-state index is 0.0315. The molecule has 3 heteroatoms. The Morgan fingerprint density at radius 2 is 1.85 bits per heavy atom. The van der Waals surface area contributed by atoms with Crippen LogP contribution in [0.3, 0.4) is 0 Å². The SMILES string of the molecule is CCCC(C(=O)N1CCNCC1)c1ccc(CC)cc1. The van der Waals surface area contributed by atoms with Gasteiger partial charge in [0.1, 0.15) is 0 Å². The molecule has 0 aromatic heterocycles. The van der Waals surface area contributed by atoms with E-state index in [4.69, 9.17) is 0 Å². The van der Waals surface area contributed by atoms with Gasteiger partial charge < -0.3 is 10.2 Å². The first-order chi connectivity index (χ1) is 9.76. The lowest BCUT2D eigenvalue weighted by atomic mass is 9.92. The minimum Gasteiger partial charge on any atom is -0.340 e. The molecule has 1 aromatic carbocycles. The molecule has 2 rings (SSSR count). The predicted molar refractivity (Wildman–Crippen MR) is 82.9 cm³/mol. The van der Waals surface area contributed by atoms with Gasteiger partial charge in [-0.25, -0.2) is 0 Å². The van der Waals surface area contributed by atoms with Crippen LogP contribution in [0, 0.1) is 0 Å². The summed E-state index contributed by atoms with van der Waals surface area (Å²) in [5.41, 5.74) is 2.51. The zero-order chi connectivity index (χ0) is 14.4. The van der Waals surface area contributed by atoms with Gasteiger partial charge in [0.2, 0.25) is 5.91 Å². The Hall–Kier alpha value is -1.35. The Bertz CT molecular complexity index is 421. The van der Waals surface area contributed by atoms with E-state index >= 15 is 0 Å². The topological polar surface area (TPSA) is 32.3 Å². The van der Waals surface area contributed by atoms with E-state index in [0.717, 1.165) is 45.4 Å². The predicted octanol–water partition coefficient (Wildman–Crippen LogP) is 2.56. The number of benzene rings is 1. The van der Waals surface area contributed by atoms with Crippen molar-refractivity contribution in [3.63, 3.8) is 0 Å². The van der Waals surface area contributed by atoms with E-state index in [1.165, 1.54) is 11.1 Å². The number of amides is 1. The van der Waals surface area contributed by atoms with Crippen LogP contribution in [0.25, 0.3) is 0 Å². The van der Waals surface area contributed by atoms with Crippen LogP contribution < -0.4 is 5.32 Å². The van der Waals surface area contributed by atoms with E-state index in [1.54, 1.807) is 0 Å². The minimum absolute atomic E-state index is 0.0315. The number of carbonyl (C=O) groups is 1. The number of rotatable bonds is 5. The molecule has 1 fully saturated rings. The maximum Gasteiger partial charge on any atom is 0.230 e. The molecule has 1 unspecified atom stereocenters. The summed E-state index contributed by atoms with van der Waals surface area (Å²) in [6.07, 6.45) is 3.02. The number of nitrogens with one attached hydrogen (secondary N) is 1. The number of piperazine rings is 1. The summed E-state index contributed by atoms with van der Waals surface area (Å²) in [4.78, 5) is 14.8. The first-order valence-electron chi connectivity index (χ1n) is 7.84.